The highest BCUT2D eigenvalue weighted by molar-refractivity contribution is 7.93. The average molecular weight is 409 g/mol. The molecule has 9 heteroatoms. The number of methoxy groups -OCH3 is 1. The van der Waals surface area contributed by atoms with Crippen molar-refractivity contribution in [3.8, 4) is 0 Å². The molecule has 0 amide bonds. The number of ether oxygens (including phenoxy) is 1. The first-order valence-electron chi connectivity index (χ1n) is 6.56. The molecule has 5 nitrogen and oxygen atoms in total. The molecule has 2 aromatic carbocycles. The topological polar surface area (TPSA) is 63.7 Å². The number of halogens is 3. The van der Waals surface area contributed by atoms with Crippen molar-refractivity contribution < 1.29 is 17.9 Å². The van der Waals surface area contributed by atoms with Crippen LogP contribution in [0.15, 0.2) is 47.4 Å². The highest BCUT2D eigenvalue weighted by atomic mass is 35.5. The van der Waals surface area contributed by atoms with Crippen molar-refractivity contribution in [2.75, 3.05) is 18.0 Å². The number of rotatable bonds is 5. The van der Waals surface area contributed by atoms with E-state index in [1.165, 1.54) is 30.3 Å². The van der Waals surface area contributed by atoms with Gasteiger partial charge in [-0.2, -0.15) is 0 Å². The summed E-state index contributed by atoms with van der Waals surface area (Å²) < 4.78 is 31.4. The van der Waals surface area contributed by atoms with Gasteiger partial charge >= 0.3 is 5.97 Å². The number of sulfonamides is 1. The molecule has 0 spiro atoms. The Morgan fingerprint density at radius 2 is 1.75 bits per heavy atom. The Kier molecular flexibility index (Phi) is 5.98. The highest BCUT2D eigenvalue weighted by Crippen LogP contribution is 2.31. The molecule has 0 saturated heterocycles. The first kappa shape index (κ1) is 18.9. The maximum Gasteiger partial charge on any atom is 0.326 e. The van der Waals surface area contributed by atoms with Crippen LogP contribution in [0.1, 0.15) is 0 Å². The Bertz CT molecular complexity index is 871. The number of esters is 1. The molecule has 2 rings (SSSR count). The van der Waals surface area contributed by atoms with Crippen molar-refractivity contribution in [2.45, 2.75) is 4.90 Å². The van der Waals surface area contributed by atoms with Crippen LogP contribution in [0.3, 0.4) is 0 Å². The fourth-order valence-corrected chi connectivity index (χ4v) is 4.25. The van der Waals surface area contributed by atoms with Crippen LogP contribution in [-0.2, 0) is 19.6 Å². The lowest BCUT2D eigenvalue weighted by atomic mass is 10.3. The van der Waals surface area contributed by atoms with Crippen LogP contribution in [-0.4, -0.2) is 28.0 Å². The molecule has 2 aromatic rings. The molecule has 0 aliphatic heterocycles. The Morgan fingerprint density at radius 1 is 1.08 bits per heavy atom. The predicted molar refractivity (Wildman–Crippen MR) is 94.5 cm³/mol. The number of hydrogen-bond donors (Lipinski definition) is 0. The molecule has 0 aliphatic carbocycles. The molecule has 128 valence electrons. The molecule has 0 radical (unpaired) electrons. The molecule has 0 heterocycles. The molecular formula is C15H12Cl3NO4S. The highest BCUT2D eigenvalue weighted by Gasteiger charge is 2.29. The van der Waals surface area contributed by atoms with Gasteiger partial charge in [0.15, 0.2) is 0 Å². The van der Waals surface area contributed by atoms with E-state index in [2.05, 4.69) is 4.74 Å². The lowest BCUT2D eigenvalue weighted by molar-refractivity contribution is -0.138. The zero-order valence-corrected chi connectivity index (χ0v) is 15.5. The number of benzene rings is 2. The second-order valence-corrected chi connectivity index (χ2v) is 7.75. The molecule has 0 N–H and O–H groups in total. The first-order chi connectivity index (χ1) is 11.3. The molecular weight excluding hydrogens is 397 g/mol. The van der Waals surface area contributed by atoms with Crippen LogP contribution >= 0.6 is 34.8 Å². The van der Waals surface area contributed by atoms with Crippen molar-refractivity contribution in [3.63, 3.8) is 0 Å². The van der Waals surface area contributed by atoms with E-state index in [1.54, 1.807) is 12.1 Å². The number of anilines is 1. The zero-order valence-electron chi connectivity index (χ0n) is 12.4. The van der Waals surface area contributed by atoms with Gasteiger partial charge in [0.1, 0.15) is 11.4 Å². The Labute approximate surface area is 154 Å². The smallest absolute Gasteiger partial charge is 0.326 e. The van der Waals surface area contributed by atoms with E-state index in [1.807, 2.05) is 0 Å². The van der Waals surface area contributed by atoms with Crippen molar-refractivity contribution in [3.05, 3.63) is 57.5 Å². The normalized spacial score (nSPS) is 11.2. The molecule has 0 fully saturated rings. The van der Waals surface area contributed by atoms with E-state index < -0.39 is 22.5 Å². The summed E-state index contributed by atoms with van der Waals surface area (Å²) in [4.78, 5) is 11.5. The minimum atomic E-state index is -4.17. The quantitative estimate of drug-likeness (QED) is 0.701. The third kappa shape index (κ3) is 4.13. The van der Waals surface area contributed by atoms with Gasteiger partial charge in [-0.25, -0.2) is 8.42 Å². The summed E-state index contributed by atoms with van der Waals surface area (Å²) >= 11 is 17.8. The fraction of sp³-hybridized carbons (Fsp3) is 0.133. The van der Waals surface area contributed by atoms with Gasteiger partial charge in [0.05, 0.1) is 17.8 Å². The molecule has 0 aliphatic rings. The van der Waals surface area contributed by atoms with Crippen LogP contribution in [0.2, 0.25) is 15.1 Å². The number of carbonyl (C=O) groups excluding carboxylic acids is 1. The molecule has 0 bridgehead atoms. The third-order valence-corrected chi connectivity index (χ3v) is 5.78. The minimum Gasteiger partial charge on any atom is -0.468 e. The summed E-state index contributed by atoms with van der Waals surface area (Å²) in [6, 6.07) is 10.1. The van der Waals surface area contributed by atoms with E-state index in [9.17, 15) is 13.2 Å². The van der Waals surface area contributed by atoms with E-state index in [0.717, 1.165) is 11.4 Å². The minimum absolute atomic E-state index is 0.0173. The lowest BCUT2D eigenvalue weighted by Gasteiger charge is -2.24. The second kappa shape index (κ2) is 7.61. The molecule has 0 unspecified atom stereocenters. The van der Waals surface area contributed by atoms with Crippen LogP contribution < -0.4 is 4.31 Å². The van der Waals surface area contributed by atoms with Gasteiger partial charge in [0, 0.05) is 10.0 Å². The molecule has 0 aromatic heterocycles. The van der Waals surface area contributed by atoms with Gasteiger partial charge in [-0.05, 0) is 36.4 Å². The Balaban J connectivity index is 2.61. The SMILES string of the molecule is COC(=O)CN(c1cccc(Cl)c1)S(=O)(=O)c1cc(Cl)ccc1Cl. The van der Waals surface area contributed by atoms with Gasteiger partial charge in [0.2, 0.25) is 0 Å². The first-order valence-corrected chi connectivity index (χ1v) is 9.13. The van der Waals surface area contributed by atoms with Gasteiger partial charge < -0.3 is 4.74 Å². The van der Waals surface area contributed by atoms with Crippen LogP contribution in [0, 0.1) is 0 Å². The third-order valence-electron chi connectivity index (χ3n) is 3.06. The van der Waals surface area contributed by atoms with Crippen LogP contribution in [0.5, 0.6) is 0 Å². The molecule has 0 saturated carbocycles. The summed E-state index contributed by atoms with van der Waals surface area (Å²) in [5.41, 5.74) is 0.198. The largest absolute Gasteiger partial charge is 0.468 e. The van der Waals surface area contributed by atoms with Crippen LogP contribution in [0.25, 0.3) is 0 Å². The summed E-state index contributed by atoms with van der Waals surface area (Å²) in [6.45, 7) is -0.540. The van der Waals surface area contributed by atoms with E-state index >= 15 is 0 Å². The van der Waals surface area contributed by atoms with Gasteiger partial charge in [-0.15, -0.1) is 0 Å². The Hall–Kier alpha value is -1.47. The fourth-order valence-electron chi connectivity index (χ4n) is 1.92. The summed E-state index contributed by atoms with van der Waals surface area (Å²) in [5.74, 6) is -0.739. The number of nitrogens with zero attached hydrogens (tertiary/aromatic N) is 1. The van der Waals surface area contributed by atoms with E-state index in [4.69, 9.17) is 34.8 Å². The van der Waals surface area contributed by atoms with Crippen molar-refractivity contribution in [1.82, 2.24) is 0 Å². The summed E-state index contributed by atoms with van der Waals surface area (Å²) in [6.07, 6.45) is 0. The second-order valence-electron chi connectivity index (χ2n) is 4.64. The average Bonchev–Trinajstić information content (AvgIpc) is 2.54. The van der Waals surface area contributed by atoms with Gasteiger partial charge in [0.25, 0.3) is 10.0 Å². The van der Waals surface area contributed by atoms with E-state index in [0.29, 0.717) is 5.02 Å². The predicted octanol–water partition coefficient (Wildman–Crippen LogP) is 4.02. The summed E-state index contributed by atoms with van der Waals surface area (Å²) in [7, 11) is -3.01. The summed E-state index contributed by atoms with van der Waals surface area (Å²) in [5, 5.41) is 0.494. The van der Waals surface area contributed by atoms with Crippen molar-refractivity contribution in [2.24, 2.45) is 0 Å². The van der Waals surface area contributed by atoms with Gasteiger partial charge in [-0.3, -0.25) is 9.10 Å². The monoisotopic (exact) mass is 407 g/mol. The van der Waals surface area contributed by atoms with Crippen molar-refractivity contribution >= 4 is 56.5 Å². The van der Waals surface area contributed by atoms with Gasteiger partial charge in [-0.1, -0.05) is 40.9 Å². The zero-order chi connectivity index (χ0) is 17.9. The maximum absolute atomic E-state index is 13.0. The lowest BCUT2D eigenvalue weighted by Crippen LogP contribution is -2.36. The molecule has 0 atom stereocenters. The van der Waals surface area contributed by atoms with Crippen molar-refractivity contribution in [1.29, 1.82) is 0 Å². The molecule has 24 heavy (non-hydrogen) atoms. The van der Waals surface area contributed by atoms with Crippen LogP contribution in [0.4, 0.5) is 5.69 Å². The maximum atomic E-state index is 13.0. The number of carbonyl (C=O) groups is 1. The van der Waals surface area contributed by atoms with E-state index in [-0.39, 0.29) is 20.6 Å². The number of hydrogen-bond acceptors (Lipinski definition) is 4. The standard InChI is InChI=1S/C15H12Cl3NO4S/c1-23-15(20)9-19(12-4-2-3-10(16)7-12)24(21,22)14-8-11(17)5-6-13(14)18/h2-8H,9H2,1H3. The Morgan fingerprint density at radius 3 is 2.38 bits per heavy atom.